The van der Waals surface area contributed by atoms with Crippen molar-refractivity contribution in [3.8, 4) is 5.75 Å². The predicted octanol–water partition coefficient (Wildman–Crippen LogP) is 4.64. The maximum absolute atomic E-state index is 5.76. The molecule has 0 spiro atoms. The summed E-state index contributed by atoms with van der Waals surface area (Å²) in [5.74, 6) is 0.948. The van der Waals surface area contributed by atoms with Crippen molar-refractivity contribution >= 4 is 22.0 Å². The van der Waals surface area contributed by atoms with Crippen LogP contribution < -0.4 is 10.1 Å². The van der Waals surface area contributed by atoms with Crippen molar-refractivity contribution in [2.45, 2.75) is 39.7 Å². The van der Waals surface area contributed by atoms with Crippen LogP contribution in [0.4, 0.5) is 0 Å². The molecule has 19 heavy (non-hydrogen) atoms. The van der Waals surface area contributed by atoms with E-state index in [0.717, 1.165) is 41.8 Å². The summed E-state index contributed by atoms with van der Waals surface area (Å²) in [6.45, 7) is 8.26. The lowest BCUT2D eigenvalue weighted by Gasteiger charge is -2.10. The van der Waals surface area contributed by atoms with Gasteiger partial charge in [-0.05, 0) is 44.5 Å². The fraction of sp³-hybridized carbons (Fsp3) is 0.500. The third-order valence-corrected chi connectivity index (χ3v) is 3.21. The van der Waals surface area contributed by atoms with E-state index in [1.54, 1.807) is 0 Å². The Morgan fingerprint density at radius 1 is 1.32 bits per heavy atom. The van der Waals surface area contributed by atoms with Crippen LogP contribution in [-0.2, 0) is 0 Å². The molecule has 2 nitrogen and oxygen atoms in total. The Kier molecular flexibility index (Phi) is 7.84. The van der Waals surface area contributed by atoms with Gasteiger partial charge in [0.15, 0.2) is 0 Å². The van der Waals surface area contributed by atoms with E-state index in [-0.39, 0.29) is 0 Å². The summed E-state index contributed by atoms with van der Waals surface area (Å²) in [7, 11) is 0. The van der Waals surface area contributed by atoms with Gasteiger partial charge in [0.2, 0.25) is 0 Å². The first kappa shape index (κ1) is 16.3. The van der Waals surface area contributed by atoms with Gasteiger partial charge in [-0.25, -0.2) is 0 Å². The van der Waals surface area contributed by atoms with Crippen molar-refractivity contribution in [1.82, 2.24) is 5.32 Å². The lowest BCUT2D eigenvalue weighted by Crippen LogP contribution is -2.24. The van der Waals surface area contributed by atoms with Crippen molar-refractivity contribution in [3.05, 3.63) is 34.3 Å². The summed E-state index contributed by atoms with van der Waals surface area (Å²) < 4.78 is 6.84. The number of rotatable bonds is 8. The second kappa shape index (κ2) is 9.16. The summed E-state index contributed by atoms with van der Waals surface area (Å²) in [4.78, 5) is 0. The minimum absolute atomic E-state index is 0.373. The van der Waals surface area contributed by atoms with Crippen molar-refractivity contribution in [3.63, 3.8) is 0 Å². The quantitative estimate of drug-likeness (QED) is 0.751. The summed E-state index contributed by atoms with van der Waals surface area (Å²) in [6.07, 6.45) is 6.48. The summed E-state index contributed by atoms with van der Waals surface area (Å²) in [5.41, 5.74) is 1.12. The third-order valence-electron chi connectivity index (χ3n) is 2.71. The van der Waals surface area contributed by atoms with Gasteiger partial charge in [-0.2, -0.15) is 0 Å². The highest BCUT2D eigenvalue weighted by Crippen LogP contribution is 2.24. The monoisotopic (exact) mass is 325 g/mol. The van der Waals surface area contributed by atoms with Crippen LogP contribution >= 0.6 is 15.9 Å². The van der Waals surface area contributed by atoms with Crippen LogP contribution in [0.3, 0.4) is 0 Å². The fourth-order valence-electron chi connectivity index (χ4n) is 1.68. The molecule has 1 N–H and O–H groups in total. The number of hydrogen-bond acceptors (Lipinski definition) is 2. The molecule has 1 atom stereocenters. The molecule has 0 heterocycles. The maximum Gasteiger partial charge on any atom is 0.126 e. The molecule has 0 fully saturated rings. The van der Waals surface area contributed by atoms with Gasteiger partial charge in [-0.1, -0.05) is 41.9 Å². The number of hydrogen-bond donors (Lipinski definition) is 1. The smallest absolute Gasteiger partial charge is 0.126 e. The molecule has 1 rings (SSSR count). The van der Waals surface area contributed by atoms with Crippen LogP contribution in [0.2, 0.25) is 0 Å². The van der Waals surface area contributed by atoms with E-state index in [1.807, 2.05) is 12.1 Å². The van der Waals surface area contributed by atoms with Gasteiger partial charge in [0.1, 0.15) is 5.75 Å². The van der Waals surface area contributed by atoms with E-state index >= 15 is 0 Å². The van der Waals surface area contributed by atoms with Crippen LogP contribution in [0.1, 0.15) is 39.2 Å². The van der Waals surface area contributed by atoms with E-state index in [9.17, 15) is 0 Å². The Morgan fingerprint density at radius 2 is 2.11 bits per heavy atom. The molecule has 0 radical (unpaired) electrons. The normalized spacial score (nSPS) is 12.8. The third kappa shape index (κ3) is 6.26. The van der Waals surface area contributed by atoms with Crippen molar-refractivity contribution in [1.29, 1.82) is 0 Å². The van der Waals surface area contributed by atoms with Gasteiger partial charge in [0.05, 0.1) is 6.61 Å². The highest BCUT2D eigenvalue weighted by atomic mass is 79.9. The molecular formula is C16H24BrNO. The van der Waals surface area contributed by atoms with Gasteiger partial charge >= 0.3 is 0 Å². The lowest BCUT2D eigenvalue weighted by atomic mass is 10.1. The lowest BCUT2D eigenvalue weighted by molar-refractivity contribution is 0.316. The fourth-order valence-corrected chi connectivity index (χ4v) is 2.06. The van der Waals surface area contributed by atoms with Gasteiger partial charge in [-0.3, -0.25) is 0 Å². The Bertz CT molecular complexity index is 404. The summed E-state index contributed by atoms with van der Waals surface area (Å²) in [5, 5.41) is 3.44. The highest BCUT2D eigenvalue weighted by molar-refractivity contribution is 9.10. The van der Waals surface area contributed by atoms with Gasteiger partial charge in [0.25, 0.3) is 0 Å². The van der Waals surface area contributed by atoms with E-state index in [2.05, 4.69) is 60.2 Å². The van der Waals surface area contributed by atoms with Crippen LogP contribution in [0.5, 0.6) is 5.75 Å². The predicted molar refractivity (Wildman–Crippen MR) is 86.7 cm³/mol. The largest absolute Gasteiger partial charge is 0.493 e. The molecule has 106 valence electrons. The summed E-state index contributed by atoms with van der Waals surface area (Å²) in [6, 6.07) is 6.50. The number of halogens is 1. The van der Waals surface area contributed by atoms with E-state index in [0.29, 0.717) is 6.04 Å². The van der Waals surface area contributed by atoms with E-state index in [4.69, 9.17) is 4.74 Å². The molecular weight excluding hydrogens is 302 g/mol. The number of benzene rings is 1. The van der Waals surface area contributed by atoms with Crippen LogP contribution in [0.25, 0.3) is 6.08 Å². The number of nitrogens with one attached hydrogen (secondary N) is 1. The average molecular weight is 326 g/mol. The van der Waals surface area contributed by atoms with Gasteiger partial charge in [-0.15, -0.1) is 0 Å². The van der Waals surface area contributed by atoms with Gasteiger partial charge in [0, 0.05) is 16.1 Å². The number of ether oxygens (including phenoxy) is 1. The SMILES string of the molecule is CCCNC(C)/C=C/c1cc(Br)ccc1OCCC. The second-order valence-electron chi connectivity index (χ2n) is 4.63. The molecule has 0 bridgehead atoms. The molecule has 0 aromatic heterocycles. The Morgan fingerprint density at radius 3 is 2.79 bits per heavy atom. The molecule has 0 aliphatic rings. The first-order valence-electron chi connectivity index (χ1n) is 7.01. The zero-order valence-electron chi connectivity index (χ0n) is 12.1. The molecule has 1 aromatic rings. The molecule has 1 aromatic carbocycles. The zero-order chi connectivity index (χ0) is 14.1. The molecule has 1 unspecified atom stereocenters. The van der Waals surface area contributed by atoms with E-state index < -0.39 is 0 Å². The molecule has 3 heteroatoms. The molecule has 0 amide bonds. The minimum Gasteiger partial charge on any atom is -0.493 e. The summed E-state index contributed by atoms with van der Waals surface area (Å²) >= 11 is 3.51. The zero-order valence-corrected chi connectivity index (χ0v) is 13.7. The van der Waals surface area contributed by atoms with Crippen LogP contribution in [0.15, 0.2) is 28.7 Å². The maximum atomic E-state index is 5.76. The Hall–Kier alpha value is -0.800. The molecule has 0 aliphatic heterocycles. The topological polar surface area (TPSA) is 21.3 Å². The van der Waals surface area contributed by atoms with Crippen LogP contribution in [-0.4, -0.2) is 19.2 Å². The highest BCUT2D eigenvalue weighted by Gasteiger charge is 2.02. The standard InChI is InChI=1S/C16H24BrNO/c1-4-10-18-13(3)6-7-14-12-15(17)8-9-16(14)19-11-5-2/h6-9,12-13,18H,4-5,10-11H2,1-3H3/b7-6+. The first-order valence-corrected chi connectivity index (χ1v) is 7.80. The van der Waals surface area contributed by atoms with Gasteiger partial charge < -0.3 is 10.1 Å². The average Bonchev–Trinajstić information content (AvgIpc) is 2.41. The second-order valence-corrected chi connectivity index (χ2v) is 5.55. The van der Waals surface area contributed by atoms with Crippen molar-refractivity contribution in [2.75, 3.05) is 13.2 Å². The Labute approximate surface area is 125 Å². The molecule has 0 saturated carbocycles. The molecule has 0 saturated heterocycles. The van der Waals surface area contributed by atoms with Crippen LogP contribution in [0, 0.1) is 0 Å². The molecule has 0 aliphatic carbocycles. The van der Waals surface area contributed by atoms with Crippen molar-refractivity contribution < 1.29 is 4.74 Å². The Balaban J connectivity index is 2.73. The van der Waals surface area contributed by atoms with E-state index in [1.165, 1.54) is 0 Å². The minimum atomic E-state index is 0.373. The first-order chi connectivity index (χ1) is 9.17. The van der Waals surface area contributed by atoms with Crippen molar-refractivity contribution in [2.24, 2.45) is 0 Å².